The molecule has 0 saturated carbocycles. The van der Waals surface area contributed by atoms with Gasteiger partial charge in [0.25, 0.3) is 5.91 Å². The van der Waals surface area contributed by atoms with Crippen molar-refractivity contribution in [1.29, 1.82) is 0 Å². The van der Waals surface area contributed by atoms with Crippen LogP contribution in [0.4, 0.5) is 0 Å². The molecule has 42 heavy (non-hydrogen) atoms. The van der Waals surface area contributed by atoms with Crippen LogP contribution in [0.15, 0.2) is 115 Å². The largest absolute Gasteiger partial charge is 0.336 e. The van der Waals surface area contributed by atoms with Crippen molar-refractivity contribution < 1.29 is 4.79 Å². The lowest BCUT2D eigenvalue weighted by Gasteiger charge is -2.35. The van der Waals surface area contributed by atoms with Gasteiger partial charge < -0.3 is 4.90 Å². The van der Waals surface area contributed by atoms with E-state index in [1.165, 1.54) is 11.1 Å². The quantitative estimate of drug-likeness (QED) is 0.219. The maximum atomic E-state index is 13.4. The van der Waals surface area contributed by atoms with Crippen molar-refractivity contribution in [3.63, 3.8) is 0 Å². The summed E-state index contributed by atoms with van der Waals surface area (Å²) in [6.45, 7) is 10.9. The van der Waals surface area contributed by atoms with Crippen molar-refractivity contribution in [1.82, 2.24) is 19.6 Å². The number of nitrogens with zero attached hydrogens (tertiary/aromatic N) is 4. The predicted molar refractivity (Wildman–Crippen MR) is 171 cm³/mol. The van der Waals surface area contributed by atoms with Crippen molar-refractivity contribution >= 4 is 5.91 Å². The summed E-state index contributed by atoms with van der Waals surface area (Å²) in [5.41, 5.74) is 8.56. The molecule has 1 fully saturated rings. The first-order valence-corrected chi connectivity index (χ1v) is 14.8. The minimum Gasteiger partial charge on any atom is -0.336 e. The van der Waals surface area contributed by atoms with Crippen LogP contribution in [0.1, 0.15) is 42.3 Å². The first kappa shape index (κ1) is 27.7. The van der Waals surface area contributed by atoms with Crippen LogP contribution in [0, 0.1) is 0 Å². The summed E-state index contributed by atoms with van der Waals surface area (Å²) in [7, 11) is 0. The summed E-state index contributed by atoms with van der Waals surface area (Å²) in [4.78, 5) is 17.8. The number of carbonyl (C=O) groups is 1. The Balaban J connectivity index is 1.14. The Morgan fingerprint density at radius 2 is 1.31 bits per heavy atom. The highest BCUT2D eigenvalue weighted by atomic mass is 16.2. The van der Waals surface area contributed by atoms with E-state index in [1.807, 2.05) is 70.2 Å². The average Bonchev–Trinajstić information content (AvgIpc) is 3.48. The summed E-state index contributed by atoms with van der Waals surface area (Å²) in [5.74, 6) is 0.0875. The van der Waals surface area contributed by atoms with E-state index < -0.39 is 0 Å². The molecule has 4 aromatic carbocycles. The van der Waals surface area contributed by atoms with Gasteiger partial charge in [0.1, 0.15) is 0 Å². The Morgan fingerprint density at radius 3 is 1.90 bits per heavy atom. The van der Waals surface area contributed by atoms with Crippen LogP contribution in [-0.2, 0) is 12.0 Å². The van der Waals surface area contributed by atoms with E-state index in [9.17, 15) is 4.79 Å². The molecule has 0 spiro atoms. The van der Waals surface area contributed by atoms with E-state index in [-0.39, 0.29) is 11.3 Å². The Morgan fingerprint density at radius 1 is 0.714 bits per heavy atom. The molecule has 5 heteroatoms. The van der Waals surface area contributed by atoms with Gasteiger partial charge >= 0.3 is 0 Å². The SMILES string of the molecule is CC(C)(C)c1ccc(CN2CCN(C(=O)c3ccc(-n4nc(-c5ccccc5)cc4-c4ccccc4)cc3)CC2)cc1. The minimum atomic E-state index is 0.0875. The standard InChI is InChI=1S/C37H38N4O/c1-37(2,3)32-18-14-28(15-19-32)27-39-22-24-40(25-23-39)36(42)31-16-20-33(21-17-31)41-35(30-12-8-5-9-13-30)26-34(38-41)29-10-6-4-7-11-29/h4-21,26H,22-25,27H2,1-3H3. The predicted octanol–water partition coefficient (Wildman–Crippen LogP) is 7.46. The second kappa shape index (κ2) is 11.8. The fraction of sp³-hybridized carbons (Fsp3) is 0.243. The van der Waals surface area contributed by atoms with E-state index in [0.717, 1.165) is 60.9 Å². The molecule has 1 aromatic heterocycles. The lowest BCUT2D eigenvalue weighted by Crippen LogP contribution is -2.48. The minimum absolute atomic E-state index is 0.0875. The van der Waals surface area contributed by atoms with E-state index >= 15 is 0 Å². The van der Waals surface area contributed by atoms with Crippen LogP contribution in [0.5, 0.6) is 0 Å². The molecule has 0 N–H and O–H groups in total. The van der Waals surface area contributed by atoms with Crippen LogP contribution in [0.3, 0.4) is 0 Å². The van der Waals surface area contributed by atoms with Crippen molar-refractivity contribution in [3.05, 3.63) is 132 Å². The van der Waals surface area contributed by atoms with Crippen molar-refractivity contribution in [2.75, 3.05) is 26.2 Å². The third-order valence-electron chi connectivity index (χ3n) is 8.09. The zero-order valence-corrected chi connectivity index (χ0v) is 24.7. The van der Waals surface area contributed by atoms with Gasteiger partial charge in [-0.1, -0.05) is 106 Å². The van der Waals surface area contributed by atoms with E-state index in [2.05, 4.69) is 80.3 Å². The molecule has 0 aliphatic carbocycles. The lowest BCUT2D eigenvalue weighted by atomic mass is 9.87. The summed E-state index contributed by atoms with van der Waals surface area (Å²) in [6, 6.07) is 39.5. The van der Waals surface area contributed by atoms with Gasteiger partial charge in [-0.15, -0.1) is 0 Å². The Kier molecular flexibility index (Phi) is 7.77. The third-order valence-corrected chi connectivity index (χ3v) is 8.09. The number of amides is 1. The lowest BCUT2D eigenvalue weighted by molar-refractivity contribution is 0.0628. The number of hydrogen-bond donors (Lipinski definition) is 0. The fourth-order valence-corrected chi connectivity index (χ4v) is 5.55. The normalized spacial score (nSPS) is 14.2. The molecule has 5 nitrogen and oxygen atoms in total. The van der Waals surface area contributed by atoms with Crippen molar-refractivity contribution in [2.45, 2.75) is 32.7 Å². The molecule has 0 radical (unpaired) electrons. The van der Waals surface area contributed by atoms with E-state index in [1.54, 1.807) is 0 Å². The Bertz CT molecular complexity index is 1620. The number of piperazine rings is 1. The van der Waals surface area contributed by atoms with E-state index in [0.29, 0.717) is 5.56 Å². The van der Waals surface area contributed by atoms with Gasteiger partial charge in [0.05, 0.1) is 17.1 Å². The van der Waals surface area contributed by atoms with Crippen LogP contribution < -0.4 is 0 Å². The fourth-order valence-electron chi connectivity index (χ4n) is 5.55. The molecule has 0 atom stereocenters. The monoisotopic (exact) mass is 554 g/mol. The van der Waals surface area contributed by atoms with Crippen molar-refractivity contribution in [2.24, 2.45) is 0 Å². The first-order valence-electron chi connectivity index (χ1n) is 14.8. The topological polar surface area (TPSA) is 41.4 Å². The summed E-state index contributed by atoms with van der Waals surface area (Å²) in [6.07, 6.45) is 0. The van der Waals surface area contributed by atoms with Gasteiger partial charge in [-0.2, -0.15) is 5.10 Å². The van der Waals surface area contributed by atoms with Crippen LogP contribution >= 0.6 is 0 Å². The molecule has 2 heterocycles. The zero-order valence-electron chi connectivity index (χ0n) is 24.7. The summed E-state index contributed by atoms with van der Waals surface area (Å²) >= 11 is 0. The number of rotatable bonds is 6. The van der Waals surface area contributed by atoms with Crippen LogP contribution in [0.2, 0.25) is 0 Å². The molecule has 5 aromatic rings. The van der Waals surface area contributed by atoms with E-state index in [4.69, 9.17) is 5.10 Å². The van der Waals surface area contributed by atoms with Gasteiger partial charge in [0.15, 0.2) is 0 Å². The highest BCUT2D eigenvalue weighted by molar-refractivity contribution is 5.94. The maximum absolute atomic E-state index is 13.4. The number of carbonyl (C=O) groups excluding carboxylic acids is 1. The third kappa shape index (κ3) is 6.07. The smallest absolute Gasteiger partial charge is 0.253 e. The highest BCUT2D eigenvalue weighted by Crippen LogP contribution is 2.29. The van der Waals surface area contributed by atoms with Crippen molar-refractivity contribution in [3.8, 4) is 28.2 Å². The molecular weight excluding hydrogens is 516 g/mol. The Hall–Kier alpha value is -4.48. The number of hydrogen-bond acceptors (Lipinski definition) is 3. The maximum Gasteiger partial charge on any atom is 0.253 e. The summed E-state index contributed by atoms with van der Waals surface area (Å²) in [5, 5.41) is 4.97. The average molecular weight is 555 g/mol. The molecule has 1 amide bonds. The molecule has 212 valence electrons. The Labute approximate surface area is 249 Å². The molecular formula is C37H38N4O. The van der Waals surface area contributed by atoms with Crippen LogP contribution in [0.25, 0.3) is 28.2 Å². The summed E-state index contributed by atoms with van der Waals surface area (Å²) < 4.78 is 1.97. The van der Waals surface area contributed by atoms with Gasteiger partial charge in [-0.05, 0) is 46.9 Å². The zero-order chi connectivity index (χ0) is 29.1. The number of aromatic nitrogens is 2. The molecule has 6 rings (SSSR count). The molecule has 1 saturated heterocycles. The molecule has 0 bridgehead atoms. The number of benzene rings is 4. The van der Waals surface area contributed by atoms with Gasteiger partial charge in [-0.3, -0.25) is 9.69 Å². The van der Waals surface area contributed by atoms with Gasteiger partial charge in [-0.25, -0.2) is 4.68 Å². The molecule has 1 aliphatic rings. The van der Waals surface area contributed by atoms with Crippen LogP contribution in [-0.4, -0.2) is 51.7 Å². The second-order valence-corrected chi connectivity index (χ2v) is 12.1. The molecule has 1 aliphatic heterocycles. The highest BCUT2D eigenvalue weighted by Gasteiger charge is 2.23. The molecule has 0 unspecified atom stereocenters. The second-order valence-electron chi connectivity index (χ2n) is 12.1. The van der Waals surface area contributed by atoms with Gasteiger partial charge in [0.2, 0.25) is 0 Å². The first-order chi connectivity index (χ1) is 20.3. The van der Waals surface area contributed by atoms with Gasteiger partial charge in [0, 0.05) is 49.4 Å².